The molecular formula is C11H18F4O. The number of carbonyl (C=O) groups is 1. The minimum Gasteiger partial charge on any atom is -0.293 e. The fourth-order valence-corrected chi connectivity index (χ4v) is 1.35. The second kappa shape index (κ2) is 7.63. The van der Waals surface area contributed by atoms with E-state index in [1.807, 2.05) is 6.92 Å². The van der Waals surface area contributed by atoms with Gasteiger partial charge in [0.1, 0.15) is 0 Å². The van der Waals surface area contributed by atoms with Crippen molar-refractivity contribution in [2.24, 2.45) is 0 Å². The number of Topliss-reactive ketones (excluding diaryl/α,β-unsaturated/α-hetero) is 1. The van der Waals surface area contributed by atoms with Gasteiger partial charge in [0, 0.05) is 6.42 Å². The van der Waals surface area contributed by atoms with E-state index in [4.69, 9.17) is 0 Å². The van der Waals surface area contributed by atoms with Crippen LogP contribution in [0.25, 0.3) is 0 Å². The minimum atomic E-state index is -4.47. The fourth-order valence-electron chi connectivity index (χ4n) is 1.35. The lowest BCUT2D eigenvalue weighted by atomic mass is 10.1. The number of rotatable bonds is 9. The molecule has 0 N–H and O–H groups in total. The average molecular weight is 242 g/mol. The van der Waals surface area contributed by atoms with Gasteiger partial charge in [-0.25, -0.2) is 8.78 Å². The van der Waals surface area contributed by atoms with Crippen LogP contribution < -0.4 is 0 Å². The van der Waals surface area contributed by atoms with Crippen LogP contribution in [0.2, 0.25) is 0 Å². The van der Waals surface area contributed by atoms with Gasteiger partial charge in [-0.2, -0.15) is 8.78 Å². The highest BCUT2D eigenvalue weighted by Crippen LogP contribution is 2.26. The lowest BCUT2D eigenvalue weighted by Gasteiger charge is -2.13. The van der Waals surface area contributed by atoms with Crippen LogP contribution in [0.1, 0.15) is 51.9 Å². The van der Waals surface area contributed by atoms with E-state index in [0.717, 1.165) is 25.7 Å². The first kappa shape index (κ1) is 15.4. The first-order chi connectivity index (χ1) is 7.42. The Balaban J connectivity index is 3.66. The van der Waals surface area contributed by atoms with Crippen molar-refractivity contribution in [1.29, 1.82) is 0 Å². The Hall–Kier alpha value is -0.610. The quantitative estimate of drug-likeness (QED) is 0.437. The highest BCUT2D eigenvalue weighted by atomic mass is 19.3. The lowest BCUT2D eigenvalue weighted by molar-refractivity contribution is -0.167. The maximum atomic E-state index is 12.5. The second-order valence-corrected chi connectivity index (χ2v) is 3.86. The number of hydrogen-bond acceptors (Lipinski definition) is 1. The normalized spacial score (nSPS) is 12.1. The molecule has 0 unspecified atom stereocenters. The summed E-state index contributed by atoms with van der Waals surface area (Å²) in [5.41, 5.74) is 0. The molecule has 0 spiro atoms. The van der Waals surface area contributed by atoms with Gasteiger partial charge in [-0.1, -0.05) is 39.0 Å². The molecule has 0 aliphatic rings. The number of ketones is 1. The monoisotopic (exact) mass is 242 g/mol. The number of halogens is 4. The molecule has 0 amide bonds. The third kappa shape index (κ3) is 5.47. The molecule has 0 bridgehead atoms. The molecule has 0 saturated heterocycles. The molecule has 0 atom stereocenters. The van der Waals surface area contributed by atoms with E-state index >= 15 is 0 Å². The van der Waals surface area contributed by atoms with Gasteiger partial charge in [-0.15, -0.1) is 0 Å². The van der Waals surface area contributed by atoms with Gasteiger partial charge in [-0.05, 0) is 6.42 Å². The molecule has 16 heavy (non-hydrogen) atoms. The lowest BCUT2D eigenvalue weighted by Crippen LogP contribution is -2.36. The largest absolute Gasteiger partial charge is 0.364 e. The summed E-state index contributed by atoms with van der Waals surface area (Å²) in [6, 6.07) is 0. The SMILES string of the molecule is CCCCCCCCC(=O)C(F)(F)C(F)F. The zero-order valence-electron chi connectivity index (χ0n) is 9.45. The number of alkyl halides is 4. The Labute approximate surface area is 93.2 Å². The highest BCUT2D eigenvalue weighted by molar-refractivity contribution is 5.85. The van der Waals surface area contributed by atoms with Crippen molar-refractivity contribution in [2.45, 2.75) is 64.2 Å². The molecule has 0 fully saturated rings. The van der Waals surface area contributed by atoms with Gasteiger partial charge in [-0.3, -0.25) is 4.79 Å². The van der Waals surface area contributed by atoms with Gasteiger partial charge in [0.2, 0.25) is 5.78 Å². The highest BCUT2D eigenvalue weighted by Gasteiger charge is 2.47. The summed E-state index contributed by atoms with van der Waals surface area (Å²) in [5.74, 6) is -6.11. The summed E-state index contributed by atoms with van der Waals surface area (Å²) in [4.78, 5) is 10.8. The van der Waals surface area contributed by atoms with E-state index in [1.54, 1.807) is 0 Å². The third-order valence-electron chi connectivity index (χ3n) is 2.40. The molecule has 0 rings (SSSR count). The second-order valence-electron chi connectivity index (χ2n) is 3.86. The van der Waals surface area contributed by atoms with Crippen LogP contribution in [0.5, 0.6) is 0 Å². The van der Waals surface area contributed by atoms with Crippen molar-refractivity contribution in [2.75, 3.05) is 0 Å². The third-order valence-corrected chi connectivity index (χ3v) is 2.40. The Morgan fingerprint density at radius 2 is 1.56 bits per heavy atom. The predicted molar refractivity (Wildman–Crippen MR) is 54.0 cm³/mol. The van der Waals surface area contributed by atoms with Gasteiger partial charge in [0.15, 0.2) is 0 Å². The van der Waals surface area contributed by atoms with E-state index < -0.39 is 24.6 Å². The van der Waals surface area contributed by atoms with E-state index in [-0.39, 0.29) is 6.42 Å². The zero-order chi connectivity index (χ0) is 12.6. The fraction of sp³-hybridized carbons (Fsp3) is 0.909. The summed E-state index contributed by atoms with van der Waals surface area (Å²) >= 11 is 0. The Morgan fingerprint density at radius 1 is 1.06 bits per heavy atom. The summed E-state index contributed by atoms with van der Waals surface area (Å²) in [6.45, 7) is 2.05. The summed E-state index contributed by atoms with van der Waals surface area (Å²) in [6.07, 6.45) is 0.570. The van der Waals surface area contributed by atoms with Gasteiger partial charge >= 0.3 is 12.3 Å². The maximum Gasteiger partial charge on any atom is 0.364 e. The number of carbonyl (C=O) groups excluding carboxylic acids is 1. The van der Waals surface area contributed by atoms with Gasteiger partial charge in [0.05, 0.1) is 0 Å². The molecule has 0 aromatic heterocycles. The van der Waals surface area contributed by atoms with Gasteiger partial charge in [0.25, 0.3) is 0 Å². The molecule has 0 aromatic rings. The van der Waals surface area contributed by atoms with Crippen LogP contribution in [0, 0.1) is 0 Å². The molecule has 5 heteroatoms. The molecular weight excluding hydrogens is 224 g/mol. The molecule has 1 nitrogen and oxygen atoms in total. The first-order valence-corrected chi connectivity index (χ1v) is 5.62. The van der Waals surface area contributed by atoms with Crippen molar-refractivity contribution in [3.63, 3.8) is 0 Å². The summed E-state index contributed by atoms with van der Waals surface area (Å²) in [7, 11) is 0. The van der Waals surface area contributed by atoms with Crippen LogP contribution in [0.15, 0.2) is 0 Å². The first-order valence-electron chi connectivity index (χ1n) is 5.62. The topological polar surface area (TPSA) is 17.1 Å². The molecule has 0 radical (unpaired) electrons. The molecule has 0 aliphatic carbocycles. The van der Waals surface area contributed by atoms with Crippen LogP contribution in [0.4, 0.5) is 17.6 Å². The van der Waals surface area contributed by atoms with Crippen LogP contribution >= 0.6 is 0 Å². The number of unbranched alkanes of at least 4 members (excludes halogenated alkanes) is 5. The molecule has 0 aromatic carbocycles. The Kier molecular flexibility index (Phi) is 7.34. The standard InChI is InChI=1S/C11H18F4O/c1-2-3-4-5-6-7-8-9(16)11(14,15)10(12)13/h10H,2-8H2,1H3. The van der Waals surface area contributed by atoms with Crippen molar-refractivity contribution < 1.29 is 22.4 Å². The van der Waals surface area contributed by atoms with E-state index in [0.29, 0.717) is 6.42 Å². The molecule has 0 heterocycles. The van der Waals surface area contributed by atoms with Crippen LogP contribution in [-0.2, 0) is 4.79 Å². The maximum absolute atomic E-state index is 12.5. The van der Waals surface area contributed by atoms with E-state index in [9.17, 15) is 22.4 Å². The predicted octanol–water partition coefficient (Wildman–Crippen LogP) is 4.21. The minimum absolute atomic E-state index is 0.269. The Morgan fingerprint density at radius 3 is 2.06 bits per heavy atom. The van der Waals surface area contributed by atoms with Crippen molar-refractivity contribution >= 4 is 5.78 Å². The van der Waals surface area contributed by atoms with Crippen molar-refractivity contribution in [3.05, 3.63) is 0 Å². The average Bonchev–Trinajstić information content (AvgIpc) is 2.22. The van der Waals surface area contributed by atoms with Crippen molar-refractivity contribution in [1.82, 2.24) is 0 Å². The zero-order valence-corrected chi connectivity index (χ0v) is 9.45. The van der Waals surface area contributed by atoms with Crippen LogP contribution in [-0.4, -0.2) is 18.1 Å². The number of hydrogen-bond donors (Lipinski definition) is 0. The van der Waals surface area contributed by atoms with Gasteiger partial charge < -0.3 is 0 Å². The Bertz CT molecular complexity index is 204. The van der Waals surface area contributed by atoms with E-state index in [1.165, 1.54) is 0 Å². The van der Waals surface area contributed by atoms with Crippen molar-refractivity contribution in [3.8, 4) is 0 Å². The smallest absolute Gasteiger partial charge is 0.293 e. The van der Waals surface area contributed by atoms with E-state index in [2.05, 4.69) is 0 Å². The van der Waals surface area contributed by atoms with Crippen LogP contribution in [0.3, 0.4) is 0 Å². The molecule has 96 valence electrons. The summed E-state index contributed by atoms with van der Waals surface area (Å²) in [5, 5.41) is 0. The summed E-state index contributed by atoms with van der Waals surface area (Å²) < 4.78 is 48.5. The molecule has 0 saturated carbocycles. The molecule has 0 aliphatic heterocycles.